The van der Waals surface area contributed by atoms with E-state index in [9.17, 15) is 28.0 Å². The maximum Gasteiger partial charge on any atom is 0.871 e. The smallest absolute Gasteiger partial charge is 0.464 e. The van der Waals surface area contributed by atoms with Crippen LogP contribution in [0.2, 0.25) is 0 Å². The summed E-state index contributed by atoms with van der Waals surface area (Å²) in [4.78, 5) is 42.1. The molecule has 0 aromatic heterocycles. The average molecular weight is 252 g/mol. The number of methoxy groups -OCH3 is 1. The van der Waals surface area contributed by atoms with Crippen molar-refractivity contribution in [2.75, 3.05) is 7.11 Å². The van der Waals surface area contributed by atoms with E-state index in [1.54, 1.807) is 0 Å². The lowest BCUT2D eigenvalue weighted by Gasteiger charge is -2.12. The molecule has 1 heterocycles. The molecule has 1 aliphatic rings. The first-order chi connectivity index (χ1) is 7.78. The number of carbonyl (C=O) groups excluding carboxylic acids is 4. The monoisotopic (exact) mass is 252 g/mol. The summed E-state index contributed by atoms with van der Waals surface area (Å²) in [6.45, 7) is 0. The van der Waals surface area contributed by atoms with Crippen molar-refractivity contribution in [3.05, 3.63) is 0 Å². The standard InChI is InChI=1S/C6H3BF2O8/c1-14-4(12)6(8,9)5(13)17-7-15-2(10)3(11)16-7/h1H3. The van der Waals surface area contributed by atoms with Gasteiger partial charge in [0.1, 0.15) is 0 Å². The zero-order valence-electron chi connectivity index (χ0n) is 8.10. The van der Waals surface area contributed by atoms with Crippen LogP contribution in [-0.4, -0.2) is 44.2 Å². The van der Waals surface area contributed by atoms with Crippen LogP contribution >= 0.6 is 0 Å². The first-order valence-electron chi connectivity index (χ1n) is 3.88. The second kappa shape index (κ2) is 4.35. The van der Waals surface area contributed by atoms with Gasteiger partial charge in [0.05, 0.1) is 7.11 Å². The number of esters is 1. The molecule has 8 nitrogen and oxygen atoms in total. The van der Waals surface area contributed by atoms with E-state index in [1.165, 1.54) is 0 Å². The fourth-order valence-corrected chi connectivity index (χ4v) is 0.716. The molecule has 92 valence electrons. The van der Waals surface area contributed by atoms with Gasteiger partial charge in [-0.25, -0.2) is 19.2 Å². The Kier molecular flexibility index (Phi) is 3.30. The number of hydrogen-bond acceptors (Lipinski definition) is 8. The molecule has 0 unspecified atom stereocenters. The minimum atomic E-state index is -4.60. The Bertz CT molecular complexity index is 377. The van der Waals surface area contributed by atoms with Crippen molar-refractivity contribution >= 4 is 31.2 Å². The predicted octanol–water partition coefficient (Wildman–Crippen LogP) is -1.58. The van der Waals surface area contributed by atoms with Gasteiger partial charge in [0.25, 0.3) is 0 Å². The Morgan fingerprint density at radius 3 is 2.06 bits per heavy atom. The minimum Gasteiger partial charge on any atom is -0.464 e. The highest BCUT2D eigenvalue weighted by atomic mass is 19.3. The first-order valence-corrected chi connectivity index (χ1v) is 3.88. The van der Waals surface area contributed by atoms with E-state index in [-0.39, 0.29) is 0 Å². The van der Waals surface area contributed by atoms with Gasteiger partial charge >= 0.3 is 37.1 Å². The van der Waals surface area contributed by atoms with Gasteiger partial charge in [-0.15, -0.1) is 0 Å². The number of halogens is 2. The molecule has 0 amide bonds. The van der Waals surface area contributed by atoms with E-state index in [4.69, 9.17) is 0 Å². The van der Waals surface area contributed by atoms with E-state index in [2.05, 4.69) is 18.7 Å². The Balaban J connectivity index is 2.64. The van der Waals surface area contributed by atoms with Gasteiger partial charge in [-0.3, -0.25) is 0 Å². The van der Waals surface area contributed by atoms with Gasteiger partial charge in [-0.1, -0.05) is 0 Å². The SMILES string of the molecule is COC(=O)C(F)(F)C(=O)OB1OC(=O)C(=O)O1. The molecular weight excluding hydrogens is 249 g/mol. The Hall–Kier alpha value is -2.20. The third-order valence-corrected chi connectivity index (χ3v) is 1.47. The number of carbonyl (C=O) groups is 4. The maximum absolute atomic E-state index is 12.8. The molecule has 0 aromatic carbocycles. The van der Waals surface area contributed by atoms with Crippen LogP contribution in [0.1, 0.15) is 0 Å². The van der Waals surface area contributed by atoms with Gasteiger partial charge in [0.15, 0.2) is 0 Å². The van der Waals surface area contributed by atoms with Crippen LogP contribution in [0.25, 0.3) is 0 Å². The van der Waals surface area contributed by atoms with E-state index in [1.807, 2.05) is 0 Å². The second-order valence-corrected chi connectivity index (χ2v) is 2.57. The van der Waals surface area contributed by atoms with Gasteiger partial charge in [-0.05, 0) is 0 Å². The van der Waals surface area contributed by atoms with Crippen molar-refractivity contribution in [1.82, 2.24) is 0 Å². The van der Waals surface area contributed by atoms with Crippen LogP contribution in [0.15, 0.2) is 0 Å². The fraction of sp³-hybridized carbons (Fsp3) is 0.333. The lowest BCUT2D eigenvalue weighted by atomic mass is 10.2. The number of hydrogen-bond donors (Lipinski definition) is 0. The summed E-state index contributed by atoms with van der Waals surface area (Å²) in [5.74, 6) is -12.2. The third-order valence-electron chi connectivity index (χ3n) is 1.47. The fourth-order valence-electron chi connectivity index (χ4n) is 0.716. The highest BCUT2D eigenvalue weighted by Crippen LogP contribution is 2.19. The first kappa shape index (κ1) is 12.9. The summed E-state index contributed by atoms with van der Waals surface area (Å²) in [6, 6.07) is 0. The van der Waals surface area contributed by atoms with Crippen LogP contribution in [0.3, 0.4) is 0 Å². The zero-order valence-corrected chi connectivity index (χ0v) is 8.10. The van der Waals surface area contributed by atoms with Gasteiger partial charge in [0, 0.05) is 0 Å². The summed E-state index contributed by atoms with van der Waals surface area (Å²) in [7, 11) is -1.61. The minimum absolute atomic E-state index is 0.624. The van der Waals surface area contributed by atoms with E-state index in [0.717, 1.165) is 0 Å². The molecular formula is C6H3BF2O8. The van der Waals surface area contributed by atoms with E-state index in [0.29, 0.717) is 7.11 Å². The largest absolute Gasteiger partial charge is 0.871 e. The van der Waals surface area contributed by atoms with E-state index >= 15 is 0 Å². The molecule has 0 aromatic rings. The molecule has 0 aliphatic carbocycles. The van der Waals surface area contributed by atoms with Crippen molar-refractivity contribution in [1.29, 1.82) is 0 Å². The topological polar surface area (TPSA) is 105 Å². The van der Waals surface area contributed by atoms with Gasteiger partial charge in [-0.2, -0.15) is 8.78 Å². The molecule has 0 spiro atoms. The molecule has 1 saturated heterocycles. The van der Waals surface area contributed by atoms with Crippen LogP contribution in [-0.2, 0) is 37.9 Å². The third kappa shape index (κ3) is 2.49. The van der Waals surface area contributed by atoms with Crippen molar-refractivity contribution in [2.45, 2.75) is 5.92 Å². The van der Waals surface area contributed by atoms with Crippen LogP contribution in [0, 0.1) is 0 Å². The Morgan fingerprint density at radius 1 is 1.18 bits per heavy atom. The number of ether oxygens (including phenoxy) is 1. The van der Waals surface area contributed by atoms with Crippen LogP contribution in [0.5, 0.6) is 0 Å². The quantitative estimate of drug-likeness (QED) is 0.256. The summed E-state index contributed by atoms with van der Waals surface area (Å²) in [6.07, 6.45) is 0. The summed E-state index contributed by atoms with van der Waals surface area (Å²) in [5, 5.41) is 0. The molecule has 1 fully saturated rings. The lowest BCUT2D eigenvalue weighted by molar-refractivity contribution is -0.184. The molecule has 0 saturated carbocycles. The Morgan fingerprint density at radius 2 is 1.65 bits per heavy atom. The van der Waals surface area contributed by atoms with Gasteiger partial charge < -0.3 is 18.7 Å². The van der Waals surface area contributed by atoms with Crippen molar-refractivity contribution in [3.63, 3.8) is 0 Å². The predicted molar refractivity (Wildman–Crippen MR) is 41.0 cm³/mol. The zero-order chi connectivity index (χ0) is 13.2. The lowest BCUT2D eigenvalue weighted by Crippen LogP contribution is -2.43. The van der Waals surface area contributed by atoms with Crippen molar-refractivity contribution in [3.8, 4) is 0 Å². The molecule has 1 aliphatic heterocycles. The van der Waals surface area contributed by atoms with Gasteiger partial charge in [0.2, 0.25) is 0 Å². The average Bonchev–Trinajstić information content (AvgIpc) is 2.56. The van der Waals surface area contributed by atoms with Crippen molar-refractivity contribution in [2.24, 2.45) is 0 Å². The summed E-state index contributed by atoms with van der Waals surface area (Å²) in [5.41, 5.74) is 0. The van der Waals surface area contributed by atoms with Crippen molar-refractivity contribution < 1.29 is 46.7 Å². The highest BCUT2D eigenvalue weighted by molar-refractivity contribution is 6.57. The number of rotatable bonds is 3. The highest BCUT2D eigenvalue weighted by Gasteiger charge is 2.56. The van der Waals surface area contributed by atoms with E-state index < -0.39 is 37.1 Å². The molecule has 1 rings (SSSR count). The molecule has 0 radical (unpaired) electrons. The molecule has 11 heteroatoms. The molecule has 0 atom stereocenters. The molecule has 17 heavy (non-hydrogen) atoms. The summed E-state index contributed by atoms with van der Waals surface area (Å²) >= 11 is 0. The van der Waals surface area contributed by atoms with Crippen LogP contribution in [0.4, 0.5) is 8.78 Å². The maximum atomic E-state index is 12.8. The molecule has 0 bridgehead atoms. The summed E-state index contributed by atoms with van der Waals surface area (Å²) < 4.78 is 40.9. The normalized spacial score (nSPS) is 15.1. The second-order valence-electron chi connectivity index (χ2n) is 2.57. The molecule has 0 N–H and O–H groups in total. The number of alkyl halides is 2. The van der Waals surface area contributed by atoms with Crippen LogP contribution < -0.4 is 0 Å². The Labute approximate surface area is 91.9 Å².